The summed E-state index contributed by atoms with van der Waals surface area (Å²) in [6.45, 7) is 0.457. The van der Waals surface area contributed by atoms with Gasteiger partial charge in [-0.15, -0.1) is 0 Å². The number of nitro groups is 1. The van der Waals surface area contributed by atoms with Crippen molar-refractivity contribution in [2.75, 3.05) is 18.5 Å². The Hall–Kier alpha value is -2.54. The fourth-order valence-electron chi connectivity index (χ4n) is 2.02. The van der Waals surface area contributed by atoms with E-state index in [9.17, 15) is 19.6 Å². The molecule has 0 bridgehead atoms. The number of aliphatic hydroxyl groups is 1. The molecule has 0 fully saturated rings. The molecule has 116 valence electrons. The van der Waals surface area contributed by atoms with Crippen LogP contribution in [0, 0.1) is 21.8 Å². The highest BCUT2D eigenvalue weighted by molar-refractivity contribution is 5.43. The van der Waals surface area contributed by atoms with Gasteiger partial charge in [-0.1, -0.05) is 12.1 Å². The highest BCUT2D eigenvalue weighted by atomic mass is 19.1. The molecule has 2 aromatic rings. The van der Waals surface area contributed by atoms with Crippen molar-refractivity contribution in [1.82, 2.24) is 4.98 Å². The fraction of sp³-hybridized carbons (Fsp3) is 0.267. The van der Waals surface area contributed by atoms with Gasteiger partial charge in [-0.25, -0.2) is 4.39 Å². The van der Waals surface area contributed by atoms with Gasteiger partial charge in [0.25, 0.3) is 0 Å². The van der Waals surface area contributed by atoms with E-state index < -0.39 is 4.92 Å². The minimum absolute atomic E-state index is 0.0230. The molecular weight excluding hydrogens is 289 g/mol. The first-order valence-electron chi connectivity index (χ1n) is 6.78. The van der Waals surface area contributed by atoms with Crippen LogP contribution in [0.2, 0.25) is 0 Å². The third kappa shape index (κ3) is 4.49. The van der Waals surface area contributed by atoms with E-state index in [4.69, 9.17) is 0 Å². The number of nitrogens with zero attached hydrogens (tertiary/aromatic N) is 2. The van der Waals surface area contributed by atoms with Crippen LogP contribution in [0.1, 0.15) is 5.56 Å². The van der Waals surface area contributed by atoms with Crippen LogP contribution in [0.4, 0.5) is 15.9 Å². The Morgan fingerprint density at radius 3 is 2.55 bits per heavy atom. The summed E-state index contributed by atoms with van der Waals surface area (Å²) >= 11 is 0. The Morgan fingerprint density at radius 2 is 2.00 bits per heavy atom. The number of nitrogens with one attached hydrogen (secondary N) is 1. The molecule has 0 aliphatic rings. The summed E-state index contributed by atoms with van der Waals surface area (Å²) in [5.41, 5.74) is 1.58. The van der Waals surface area contributed by atoms with Gasteiger partial charge in [0, 0.05) is 25.1 Å². The Bertz CT molecular complexity index is 617. The molecule has 1 aromatic carbocycles. The summed E-state index contributed by atoms with van der Waals surface area (Å²) in [6.07, 6.45) is 1.98. The second kappa shape index (κ2) is 7.46. The summed E-state index contributed by atoms with van der Waals surface area (Å²) < 4.78 is 12.8. The maximum atomic E-state index is 12.8. The van der Waals surface area contributed by atoms with Crippen LogP contribution in [-0.2, 0) is 6.42 Å². The molecule has 0 amide bonds. The van der Waals surface area contributed by atoms with Gasteiger partial charge in [0.1, 0.15) is 5.82 Å². The monoisotopic (exact) mass is 305 g/mol. The highest BCUT2D eigenvalue weighted by Crippen LogP contribution is 2.14. The molecule has 0 radical (unpaired) electrons. The maximum absolute atomic E-state index is 12.8. The van der Waals surface area contributed by atoms with Gasteiger partial charge < -0.3 is 20.5 Å². The predicted molar refractivity (Wildman–Crippen MR) is 80.1 cm³/mol. The van der Waals surface area contributed by atoms with E-state index in [0.29, 0.717) is 18.7 Å². The van der Waals surface area contributed by atoms with E-state index in [1.54, 1.807) is 18.2 Å². The lowest BCUT2D eigenvalue weighted by Gasteiger charge is -2.15. The Labute approximate surface area is 126 Å². The minimum atomic E-state index is -0.561. The van der Waals surface area contributed by atoms with Crippen molar-refractivity contribution in [1.29, 1.82) is 0 Å². The predicted octanol–water partition coefficient (Wildman–Crippen LogP) is 2.39. The summed E-state index contributed by atoms with van der Waals surface area (Å²) in [6, 6.07) is 9.03. The highest BCUT2D eigenvalue weighted by Gasteiger charge is 2.11. The van der Waals surface area contributed by atoms with Crippen molar-refractivity contribution in [3.63, 3.8) is 0 Å². The largest absolute Gasteiger partial charge is 0.396 e. The number of pyridine rings is 1. The summed E-state index contributed by atoms with van der Waals surface area (Å²) in [5, 5.41) is 23.0. The third-order valence-electron chi connectivity index (χ3n) is 3.23. The van der Waals surface area contributed by atoms with Crippen molar-refractivity contribution >= 4 is 11.5 Å². The first-order valence-corrected chi connectivity index (χ1v) is 6.78. The van der Waals surface area contributed by atoms with Crippen molar-refractivity contribution in [3.05, 3.63) is 64.1 Å². The normalized spacial score (nSPS) is 11.9. The van der Waals surface area contributed by atoms with Crippen LogP contribution < -0.4 is 5.32 Å². The first kappa shape index (κ1) is 15.8. The molecule has 7 heteroatoms. The number of rotatable bonds is 7. The Balaban J connectivity index is 1.90. The van der Waals surface area contributed by atoms with Crippen molar-refractivity contribution in [2.24, 2.45) is 5.92 Å². The van der Waals surface area contributed by atoms with Crippen molar-refractivity contribution in [3.8, 4) is 0 Å². The lowest BCUT2D eigenvalue weighted by molar-refractivity contribution is -0.389. The molecular formula is C15H16FN3O3. The number of hydrogen-bond donors (Lipinski definition) is 2. The molecule has 0 spiro atoms. The van der Waals surface area contributed by atoms with Gasteiger partial charge in [0.2, 0.25) is 0 Å². The smallest absolute Gasteiger partial charge is 0.363 e. The maximum Gasteiger partial charge on any atom is 0.363 e. The van der Waals surface area contributed by atoms with Crippen LogP contribution in [0.15, 0.2) is 42.6 Å². The summed E-state index contributed by atoms with van der Waals surface area (Å²) in [7, 11) is 0. The second-order valence-corrected chi connectivity index (χ2v) is 4.92. The van der Waals surface area contributed by atoms with Gasteiger partial charge in [-0.2, -0.15) is 0 Å². The Kier molecular flexibility index (Phi) is 5.37. The molecule has 0 saturated heterocycles. The van der Waals surface area contributed by atoms with Gasteiger partial charge in [-0.3, -0.25) is 0 Å². The molecule has 0 aliphatic heterocycles. The second-order valence-electron chi connectivity index (χ2n) is 4.92. The molecule has 1 atom stereocenters. The molecule has 1 aromatic heterocycles. The standard InChI is InChI=1S/C15H16FN3O3/c16-13-3-1-11(2-4-13)7-12(10-20)8-17-14-5-6-15(18-9-14)19(21)22/h1-6,9,12,17,20H,7-8,10H2/t12-/m0/s1. The third-order valence-corrected chi connectivity index (χ3v) is 3.23. The average molecular weight is 305 g/mol. The van der Waals surface area contributed by atoms with E-state index in [1.807, 2.05) is 0 Å². The number of halogens is 1. The molecule has 2 N–H and O–H groups in total. The molecule has 2 rings (SSSR count). The number of aliphatic hydroxyl groups excluding tert-OH is 1. The summed E-state index contributed by atoms with van der Waals surface area (Å²) in [5.74, 6) is -0.560. The van der Waals surface area contributed by atoms with Gasteiger partial charge in [0.15, 0.2) is 6.20 Å². The quantitative estimate of drug-likeness (QED) is 0.605. The van der Waals surface area contributed by atoms with E-state index >= 15 is 0 Å². The lowest BCUT2D eigenvalue weighted by Crippen LogP contribution is -2.20. The van der Waals surface area contributed by atoms with Crippen LogP contribution in [0.25, 0.3) is 0 Å². The van der Waals surface area contributed by atoms with Crippen LogP contribution in [0.3, 0.4) is 0 Å². The van der Waals surface area contributed by atoms with E-state index in [2.05, 4.69) is 10.3 Å². The first-order chi connectivity index (χ1) is 10.6. The molecule has 0 unspecified atom stereocenters. The van der Waals surface area contributed by atoms with E-state index in [1.165, 1.54) is 24.4 Å². The van der Waals surface area contributed by atoms with Crippen LogP contribution in [0.5, 0.6) is 0 Å². The minimum Gasteiger partial charge on any atom is -0.396 e. The number of hydrogen-bond acceptors (Lipinski definition) is 5. The van der Waals surface area contributed by atoms with E-state index in [0.717, 1.165) is 5.56 Å². The molecule has 6 nitrogen and oxygen atoms in total. The lowest BCUT2D eigenvalue weighted by atomic mass is 10.00. The zero-order valence-corrected chi connectivity index (χ0v) is 11.8. The van der Waals surface area contributed by atoms with Crippen LogP contribution in [-0.4, -0.2) is 28.2 Å². The SMILES string of the molecule is O=[N+]([O-])c1ccc(NC[C@@H](CO)Cc2ccc(F)cc2)cn1. The molecule has 22 heavy (non-hydrogen) atoms. The number of anilines is 1. The Morgan fingerprint density at radius 1 is 1.27 bits per heavy atom. The molecule has 1 heterocycles. The summed E-state index contributed by atoms with van der Waals surface area (Å²) in [4.78, 5) is 13.7. The molecule has 0 saturated carbocycles. The van der Waals surface area contributed by atoms with Gasteiger partial charge in [0.05, 0.1) is 5.69 Å². The van der Waals surface area contributed by atoms with Gasteiger partial charge in [-0.05, 0) is 40.1 Å². The van der Waals surface area contributed by atoms with E-state index in [-0.39, 0.29) is 24.2 Å². The van der Waals surface area contributed by atoms with Crippen LogP contribution >= 0.6 is 0 Å². The number of aromatic nitrogens is 1. The van der Waals surface area contributed by atoms with Crippen molar-refractivity contribution < 1.29 is 14.4 Å². The zero-order valence-electron chi connectivity index (χ0n) is 11.8. The van der Waals surface area contributed by atoms with Gasteiger partial charge >= 0.3 is 5.82 Å². The molecule has 0 aliphatic carbocycles. The fourth-order valence-corrected chi connectivity index (χ4v) is 2.02. The number of benzene rings is 1. The topological polar surface area (TPSA) is 88.3 Å². The van der Waals surface area contributed by atoms with Crippen molar-refractivity contribution in [2.45, 2.75) is 6.42 Å². The average Bonchev–Trinajstić information content (AvgIpc) is 2.53. The zero-order chi connectivity index (χ0) is 15.9.